The van der Waals surface area contributed by atoms with Crippen LogP contribution in [0.3, 0.4) is 0 Å². The summed E-state index contributed by atoms with van der Waals surface area (Å²) in [5, 5.41) is 0. The van der Waals surface area contributed by atoms with Crippen LogP contribution in [0.5, 0.6) is 5.75 Å². The molecule has 132 valence electrons. The summed E-state index contributed by atoms with van der Waals surface area (Å²) in [7, 11) is 0. The molecule has 0 aliphatic carbocycles. The van der Waals surface area contributed by atoms with Gasteiger partial charge in [0.1, 0.15) is 12.4 Å². The first-order chi connectivity index (χ1) is 12.6. The van der Waals surface area contributed by atoms with Crippen LogP contribution >= 0.6 is 0 Å². The van der Waals surface area contributed by atoms with Gasteiger partial charge in [0.05, 0.1) is 23.4 Å². The molecule has 6 heteroatoms. The highest BCUT2D eigenvalue weighted by Crippen LogP contribution is 2.33. The fourth-order valence-electron chi connectivity index (χ4n) is 3.37. The molecule has 6 nitrogen and oxygen atoms in total. The van der Waals surface area contributed by atoms with Crippen molar-refractivity contribution in [1.29, 1.82) is 0 Å². The number of hydrogen-bond acceptors (Lipinski definition) is 4. The summed E-state index contributed by atoms with van der Waals surface area (Å²) in [6, 6.07) is 12.4. The zero-order valence-corrected chi connectivity index (χ0v) is 14.4. The first-order valence-corrected chi connectivity index (χ1v) is 8.55. The molecule has 2 aromatic carbocycles. The maximum atomic E-state index is 12.7. The second-order valence-electron chi connectivity index (χ2n) is 6.42. The molecule has 0 unspecified atom stereocenters. The smallest absolute Gasteiger partial charge is 0.261 e. The van der Waals surface area contributed by atoms with E-state index >= 15 is 0 Å². The second-order valence-corrected chi connectivity index (χ2v) is 6.42. The molecule has 0 radical (unpaired) electrons. The summed E-state index contributed by atoms with van der Waals surface area (Å²) in [6.45, 7) is 2.91. The number of imide groups is 1. The zero-order valence-electron chi connectivity index (χ0n) is 14.4. The highest BCUT2D eigenvalue weighted by Gasteiger charge is 2.35. The van der Waals surface area contributed by atoms with Gasteiger partial charge in [-0.05, 0) is 36.8 Å². The van der Waals surface area contributed by atoms with Gasteiger partial charge in [-0.15, -0.1) is 0 Å². The van der Waals surface area contributed by atoms with Crippen LogP contribution in [0.15, 0.2) is 42.5 Å². The molecular formula is C20H18N2O4. The summed E-state index contributed by atoms with van der Waals surface area (Å²) >= 11 is 0. The monoisotopic (exact) mass is 350 g/mol. The summed E-state index contributed by atoms with van der Waals surface area (Å²) in [5.74, 6) is -0.124. The predicted molar refractivity (Wildman–Crippen MR) is 95.5 cm³/mol. The number of rotatable bonds is 3. The maximum Gasteiger partial charge on any atom is 0.261 e. The fraction of sp³-hybridized carbons (Fsp3) is 0.250. The van der Waals surface area contributed by atoms with Crippen LogP contribution in [0, 0.1) is 6.92 Å². The number of anilines is 1. The second kappa shape index (κ2) is 6.29. The molecule has 0 N–H and O–H groups in total. The Kier molecular flexibility index (Phi) is 3.95. The van der Waals surface area contributed by atoms with E-state index in [0.29, 0.717) is 30.0 Å². The van der Waals surface area contributed by atoms with E-state index in [1.807, 2.05) is 25.1 Å². The molecule has 4 rings (SSSR count). The summed E-state index contributed by atoms with van der Waals surface area (Å²) in [4.78, 5) is 40.4. The van der Waals surface area contributed by atoms with Gasteiger partial charge < -0.3 is 9.64 Å². The van der Waals surface area contributed by atoms with Gasteiger partial charge in [0.15, 0.2) is 0 Å². The fourth-order valence-corrected chi connectivity index (χ4v) is 3.37. The van der Waals surface area contributed by atoms with Crippen LogP contribution < -0.4 is 9.64 Å². The average molecular weight is 350 g/mol. The summed E-state index contributed by atoms with van der Waals surface area (Å²) in [6.07, 6.45) is 0.0822. The Bertz CT molecular complexity index is 887. The first-order valence-electron chi connectivity index (χ1n) is 8.55. The zero-order chi connectivity index (χ0) is 18.3. The van der Waals surface area contributed by atoms with Crippen LogP contribution in [-0.2, 0) is 4.79 Å². The molecular weight excluding hydrogens is 332 g/mol. The number of ether oxygens (including phenoxy) is 1. The van der Waals surface area contributed by atoms with Crippen LogP contribution in [-0.4, -0.2) is 42.3 Å². The van der Waals surface area contributed by atoms with Crippen LogP contribution in [0.2, 0.25) is 0 Å². The number of benzene rings is 2. The number of carbonyl (C=O) groups excluding carboxylic acids is 3. The molecule has 0 atom stereocenters. The van der Waals surface area contributed by atoms with E-state index in [0.717, 1.165) is 16.2 Å². The van der Waals surface area contributed by atoms with Crippen LogP contribution in [0.25, 0.3) is 0 Å². The van der Waals surface area contributed by atoms with Gasteiger partial charge in [-0.25, -0.2) is 0 Å². The van der Waals surface area contributed by atoms with Crippen molar-refractivity contribution in [3.8, 4) is 5.75 Å². The van der Waals surface area contributed by atoms with Gasteiger partial charge in [-0.1, -0.05) is 18.2 Å². The summed E-state index contributed by atoms with van der Waals surface area (Å²) in [5.41, 5.74) is 2.57. The molecule has 2 aliphatic heterocycles. The van der Waals surface area contributed by atoms with Crippen molar-refractivity contribution in [1.82, 2.24) is 4.90 Å². The predicted octanol–water partition coefficient (Wildman–Crippen LogP) is 2.41. The minimum Gasteiger partial charge on any atom is -0.490 e. The van der Waals surface area contributed by atoms with E-state index in [-0.39, 0.29) is 30.7 Å². The first kappa shape index (κ1) is 16.3. The molecule has 2 aromatic rings. The molecule has 0 saturated carbocycles. The molecule has 3 amide bonds. The van der Waals surface area contributed by atoms with Crippen molar-refractivity contribution in [2.45, 2.75) is 13.3 Å². The normalized spacial score (nSPS) is 15.6. The van der Waals surface area contributed by atoms with Crippen molar-refractivity contribution in [2.75, 3.05) is 24.6 Å². The lowest BCUT2D eigenvalue weighted by molar-refractivity contribution is -0.118. The Morgan fingerprint density at radius 3 is 2.46 bits per heavy atom. The number of aryl methyl sites for hydroxylation is 1. The van der Waals surface area contributed by atoms with E-state index in [9.17, 15) is 14.4 Å². The van der Waals surface area contributed by atoms with E-state index in [1.165, 1.54) is 0 Å². The summed E-state index contributed by atoms with van der Waals surface area (Å²) < 4.78 is 5.60. The molecule has 0 fully saturated rings. The van der Waals surface area contributed by atoms with Crippen molar-refractivity contribution in [2.24, 2.45) is 0 Å². The van der Waals surface area contributed by atoms with E-state index in [2.05, 4.69) is 0 Å². The Labute approximate surface area is 151 Å². The number of amides is 3. The van der Waals surface area contributed by atoms with Gasteiger partial charge in [0.2, 0.25) is 5.91 Å². The Hall–Kier alpha value is -3.15. The van der Waals surface area contributed by atoms with E-state index in [1.54, 1.807) is 29.2 Å². The molecule has 2 aliphatic rings. The lowest BCUT2D eigenvalue weighted by atomic mass is 10.1. The van der Waals surface area contributed by atoms with Crippen LogP contribution in [0.4, 0.5) is 5.69 Å². The maximum absolute atomic E-state index is 12.7. The molecule has 0 bridgehead atoms. The van der Waals surface area contributed by atoms with Gasteiger partial charge in [-0.3, -0.25) is 19.3 Å². The minimum atomic E-state index is -0.336. The average Bonchev–Trinajstić information content (AvgIpc) is 2.90. The SMILES string of the molecule is Cc1ccc2c(c1)N(C(=O)CCN1C(=O)c3ccccc3C1=O)CCO2. The number of hydrogen-bond donors (Lipinski definition) is 0. The Morgan fingerprint density at radius 1 is 1.08 bits per heavy atom. The standard InChI is InChI=1S/C20H18N2O4/c1-13-6-7-17-16(12-13)21(10-11-26-17)18(23)8-9-22-19(24)14-4-2-3-5-15(14)20(22)25/h2-7,12H,8-11H2,1H3. The molecule has 2 heterocycles. The van der Waals surface area contributed by atoms with Gasteiger partial charge in [-0.2, -0.15) is 0 Å². The van der Waals surface area contributed by atoms with Gasteiger partial charge in [0.25, 0.3) is 11.8 Å². The van der Waals surface area contributed by atoms with Crippen LogP contribution in [0.1, 0.15) is 32.7 Å². The molecule has 0 spiro atoms. The quantitative estimate of drug-likeness (QED) is 0.798. The number of nitrogens with zero attached hydrogens (tertiary/aromatic N) is 2. The van der Waals surface area contributed by atoms with Gasteiger partial charge in [0, 0.05) is 13.0 Å². The minimum absolute atomic E-state index is 0.0731. The third-order valence-electron chi connectivity index (χ3n) is 4.71. The number of carbonyl (C=O) groups is 3. The lowest BCUT2D eigenvalue weighted by Crippen LogP contribution is -2.40. The highest BCUT2D eigenvalue weighted by atomic mass is 16.5. The van der Waals surface area contributed by atoms with Crippen molar-refractivity contribution >= 4 is 23.4 Å². The van der Waals surface area contributed by atoms with Crippen molar-refractivity contribution in [3.63, 3.8) is 0 Å². The molecule has 26 heavy (non-hydrogen) atoms. The topological polar surface area (TPSA) is 66.9 Å². The lowest BCUT2D eigenvalue weighted by Gasteiger charge is -2.30. The molecule has 0 aromatic heterocycles. The van der Waals surface area contributed by atoms with Crippen molar-refractivity contribution < 1.29 is 19.1 Å². The highest BCUT2D eigenvalue weighted by molar-refractivity contribution is 6.21. The third kappa shape index (κ3) is 2.63. The Balaban J connectivity index is 1.49. The van der Waals surface area contributed by atoms with Gasteiger partial charge >= 0.3 is 0 Å². The van der Waals surface area contributed by atoms with E-state index < -0.39 is 0 Å². The van der Waals surface area contributed by atoms with E-state index in [4.69, 9.17) is 4.74 Å². The number of fused-ring (bicyclic) bond motifs is 2. The third-order valence-corrected chi connectivity index (χ3v) is 4.71. The molecule has 0 saturated heterocycles. The van der Waals surface area contributed by atoms with Crippen molar-refractivity contribution in [3.05, 3.63) is 59.2 Å². The largest absolute Gasteiger partial charge is 0.490 e. The Morgan fingerprint density at radius 2 is 1.77 bits per heavy atom.